The third-order valence-electron chi connectivity index (χ3n) is 16.0. The van der Waals surface area contributed by atoms with Crippen molar-refractivity contribution >= 4 is 43.3 Å². The van der Waals surface area contributed by atoms with Crippen LogP contribution in [0.5, 0.6) is 11.5 Å². The minimum atomic E-state index is -4.20. The molecule has 9 aromatic rings. The number of aliphatic hydroxyl groups excluding tert-OH is 1. The maximum atomic E-state index is 15.4. The summed E-state index contributed by atoms with van der Waals surface area (Å²) in [4.78, 5) is 42.6. The SMILES string of the molecule is COc1ccc(C(OC[C@H]2O[C@@H](n3cc(C)c(=O)[nH]c3=O)C[C@@H]2OP(C)(=O)OC[C@H]2O[C@@H](n3cnc4c(NCc5ccccc5)ncnc43)[C@H](O)[C@@H]2O[Si](c2ccccc2)(c2ccccc2)C(C)(C)C)(c2ccccc2)c2ccc(OC)cc2)cc1. The highest BCUT2D eigenvalue weighted by molar-refractivity contribution is 7.53. The number of hydrogen-bond donors (Lipinski definition) is 3. The molecule has 8 atom stereocenters. The summed E-state index contributed by atoms with van der Waals surface area (Å²) in [6.07, 6.45) is -3.30. The summed E-state index contributed by atoms with van der Waals surface area (Å²) >= 11 is 0. The van der Waals surface area contributed by atoms with E-state index in [4.69, 9.17) is 42.1 Å². The fourth-order valence-corrected chi connectivity index (χ4v) is 17.7. The summed E-state index contributed by atoms with van der Waals surface area (Å²) in [7, 11) is -4.44. The van der Waals surface area contributed by atoms with Crippen LogP contribution in [0.15, 0.2) is 198 Å². The van der Waals surface area contributed by atoms with Crippen molar-refractivity contribution in [2.24, 2.45) is 0 Å². The zero-order valence-corrected chi connectivity index (χ0v) is 50.8. The molecular formula is C65H70N7O12PSi. The predicted octanol–water partition coefficient (Wildman–Crippen LogP) is 9.04. The Balaban J connectivity index is 0.940. The van der Waals surface area contributed by atoms with Crippen LogP contribution in [0, 0.1) is 6.92 Å². The van der Waals surface area contributed by atoms with Gasteiger partial charge in [0.15, 0.2) is 23.2 Å². The first-order valence-corrected chi connectivity index (χ1v) is 32.4. The summed E-state index contributed by atoms with van der Waals surface area (Å²) in [6, 6.07) is 54.9. The third kappa shape index (κ3) is 12.0. The number of anilines is 1. The number of aliphatic hydroxyl groups is 1. The molecule has 0 spiro atoms. The normalized spacial score (nSPS) is 20.6. The van der Waals surface area contributed by atoms with Crippen LogP contribution in [0.1, 0.15) is 67.5 Å². The Morgan fingerprint density at radius 2 is 1.29 bits per heavy atom. The smallest absolute Gasteiger partial charge is 0.330 e. The Labute approximate surface area is 499 Å². The molecule has 0 aliphatic carbocycles. The molecule has 2 fully saturated rings. The molecule has 11 rings (SSSR count). The van der Waals surface area contributed by atoms with Gasteiger partial charge in [0.25, 0.3) is 13.9 Å². The van der Waals surface area contributed by atoms with Gasteiger partial charge in [-0.05, 0) is 68.9 Å². The molecule has 6 aromatic carbocycles. The van der Waals surface area contributed by atoms with Gasteiger partial charge in [0.1, 0.15) is 54.1 Å². The summed E-state index contributed by atoms with van der Waals surface area (Å²) < 4.78 is 71.3. The monoisotopic (exact) mass is 1200 g/mol. The van der Waals surface area contributed by atoms with Gasteiger partial charge in [0.05, 0.1) is 39.9 Å². The standard InChI is InChI=1S/C65H70N7O12PSi/c1-43-38-71(63(75)70-61(43)74)55-36-52(53(81-55)39-79-65(45-22-14-9-15-23-45,46-28-32-48(77-5)33-29-46)47-30-34-49(78-6)35-31-47)83-85(7,76)80-40-54-58(84-86(64(2,3)4,50-24-16-10-17-25-50)51-26-18-11-19-27-51)57(73)62(82-54)72-42-69-56-59(67-41-68-60(56)72)66-37-44-20-12-8-13-21-44/h8-35,38,41-42,52-55,57-58,62,73H,36-37,39-40H2,1-7H3,(H,66,67,68)(H,70,74,75)/t52-,53+,54+,55+,57+,58+,62+,85?/m0/s1. The van der Waals surface area contributed by atoms with Crippen molar-refractivity contribution in [1.29, 1.82) is 0 Å². The Morgan fingerprint density at radius 3 is 1.87 bits per heavy atom. The van der Waals surface area contributed by atoms with Gasteiger partial charge in [-0.1, -0.05) is 166 Å². The van der Waals surface area contributed by atoms with Gasteiger partial charge in [-0.3, -0.25) is 23.5 Å². The molecule has 19 nitrogen and oxygen atoms in total. The maximum Gasteiger partial charge on any atom is 0.330 e. The van der Waals surface area contributed by atoms with Crippen LogP contribution in [0.25, 0.3) is 11.2 Å². The number of ether oxygens (including phenoxy) is 5. The van der Waals surface area contributed by atoms with Gasteiger partial charge >= 0.3 is 13.3 Å². The maximum absolute atomic E-state index is 15.4. The second-order valence-corrected chi connectivity index (χ2v) is 28.8. The van der Waals surface area contributed by atoms with Crippen LogP contribution in [-0.2, 0) is 44.4 Å². The lowest BCUT2D eigenvalue weighted by atomic mass is 9.80. The fraction of sp³-hybridized carbons (Fsp3) is 0.308. The largest absolute Gasteiger partial charge is 0.497 e. The van der Waals surface area contributed by atoms with Gasteiger partial charge in [-0.15, -0.1) is 0 Å². The highest BCUT2D eigenvalue weighted by Gasteiger charge is 2.57. The van der Waals surface area contributed by atoms with E-state index in [0.717, 1.165) is 32.6 Å². The number of aromatic amines is 1. The molecule has 1 unspecified atom stereocenters. The lowest BCUT2D eigenvalue weighted by Crippen LogP contribution is -2.69. The minimum Gasteiger partial charge on any atom is -0.497 e. The summed E-state index contributed by atoms with van der Waals surface area (Å²) in [5.74, 6) is 1.77. The number of aryl methyl sites for hydroxylation is 1. The Kier molecular flexibility index (Phi) is 17.5. The second-order valence-electron chi connectivity index (χ2n) is 22.6. The third-order valence-corrected chi connectivity index (χ3v) is 22.4. The zero-order chi connectivity index (χ0) is 60.2. The number of rotatable bonds is 22. The van der Waals surface area contributed by atoms with E-state index in [9.17, 15) is 14.7 Å². The number of benzene rings is 6. The van der Waals surface area contributed by atoms with E-state index in [0.29, 0.717) is 35.0 Å². The predicted molar refractivity (Wildman–Crippen MR) is 329 cm³/mol. The lowest BCUT2D eigenvalue weighted by molar-refractivity contribution is -0.0932. The zero-order valence-electron chi connectivity index (χ0n) is 48.9. The van der Waals surface area contributed by atoms with Crippen molar-refractivity contribution in [2.45, 2.75) is 94.3 Å². The number of H-pyrrole nitrogens is 1. The number of nitrogens with zero attached hydrogens (tertiary/aromatic N) is 5. The molecule has 446 valence electrons. The van der Waals surface area contributed by atoms with Crippen LogP contribution < -0.4 is 36.4 Å². The minimum absolute atomic E-state index is 0.0118. The first-order chi connectivity index (χ1) is 41.5. The Hall–Kier alpha value is -7.88. The van der Waals surface area contributed by atoms with Crippen molar-refractivity contribution in [3.8, 4) is 11.5 Å². The Bertz CT molecular complexity index is 3830. The van der Waals surface area contributed by atoms with E-state index in [-0.39, 0.29) is 25.2 Å². The van der Waals surface area contributed by atoms with Gasteiger partial charge in [0, 0.05) is 31.4 Å². The number of fused-ring (bicyclic) bond motifs is 1. The molecule has 0 radical (unpaired) electrons. The lowest BCUT2D eigenvalue weighted by Gasteiger charge is -2.45. The van der Waals surface area contributed by atoms with E-state index in [1.807, 2.05) is 146 Å². The molecule has 2 saturated heterocycles. The van der Waals surface area contributed by atoms with Crippen molar-refractivity contribution in [3.63, 3.8) is 0 Å². The first kappa shape index (κ1) is 59.8. The van der Waals surface area contributed by atoms with Crippen LogP contribution in [0.4, 0.5) is 5.82 Å². The molecule has 2 aliphatic rings. The molecule has 0 saturated carbocycles. The molecular weight excluding hydrogens is 1130 g/mol. The molecule has 5 heterocycles. The summed E-state index contributed by atoms with van der Waals surface area (Å²) in [6.45, 7) is 9.29. The van der Waals surface area contributed by atoms with Gasteiger partial charge < -0.3 is 47.6 Å². The number of nitrogens with one attached hydrogen (secondary N) is 2. The quantitative estimate of drug-likeness (QED) is 0.0327. The van der Waals surface area contributed by atoms with Gasteiger partial charge in [-0.25, -0.2) is 19.7 Å². The van der Waals surface area contributed by atoms with Gasteiger partial charge in [-0.2, -0.15) is 0 Å². The van der Waals surface area contributed by atoms with Crippen molar-refractivity contribution < 1.29 is 46.8 Å². The van der Waals surface area contributed by atoms with E-state index in [2.05, 4.69) is 65.3 Å². The molecule has 0 bridgehead atoms. The fourth-order valence-electron chi connectivity index (χ4n) is 11.8. The number of hydrogen-bond acceptors (Lipinski definition) is 16. The van der Waals surface area contributed by atoms with Crippen LogP contribution in [0.3, 0.4) is 0 Å². The first-order valence-electron chi connectivity index (χ1n) is 28.5. The number of imidazole rings is 1. The average Bonchev–Trinajstić information content (AvgIpc) is 1.27. The number of methoxy groups -OCH3 is 2. The second kappa shape index (κ2) is 25.2. The molecule has 0 amide bonds. The average molecular weight is 1200 g/mol. The molecule has 86 heavy (non-hydrogen) atoms. The van der Waals surface area contributed by atoms with Crippen molar-refractivity contribution in [3.05, 3.63) is 237 Å². The molecule has 3 aromatic heterocycles. The Morgan fingerprint density at radius 1 is 0.721 bits per heavy atom. The molecule has 21 heteroatoms. The topological polar surface area (TPSA) is 222 Å². The highest BCUT2D eigenvalue weighted by atomic mass is 31.2. The summed E-state index contributed by atoms with van der Waals surface area (Å²) in [5, 5.41) is 17.7. The van der Waals surface area contributed by atoms with Crippen LogP contribution in [-0.4, -0.2) is 107 Å². The van der Waals surface area contributed by atoms with E-state index in [1.165, 1.54) is 23.8 Å². The van der Waals surface area contributed by atoms with Gasteiger partial charge in [0.2, 0.25) is 0 Å². The van der Waals surface area contributed by atoms with Crippen LogP contribution >= 0.6 is 7.60 Å². The summed E-state index contributed by atoms with van der Waals surface area (Å²) in [5.41, 5.74) is 1.92. The molecule has 2 aliphatic heterocycles. The van der Waals surface area contributed by atoms with E-state index >= 15 is 4.57 Å². The molecule has 3 N–H and O–H groups in total. The highest BCUT2D eigenvalue weighted by Crippen LogP contribution is 2.51. The van der Waals surface area contributed by atoms with E-state index in [1.54, 1.807) is 32.0 Å². The number of aromatic nitrogens is 6. The van der Waals surface area contributed by atoms with E-state index < -0.39 is 80.8 Å². The van der Waals surface area contributed by atoms with Crippen molar-refractivity contribution in [2.75, 3.05) is 39.4 Å². The van der Waals surface area contributed by atoms with Crippen molar-refractivity contribution in [1.82, 2.24) is 29.1 Å². The van der Waals surface area contributed by atoms with Crippen LogP contribution in [0.2, 0.25) is 5.04 Å².